The molecule has 6 heteroatoms. The molecule has 24 heavy (non-hydrogen) atoms. The highest BCUT2D eigenvalue weighted by Gasteiger charge is 2.28. The average molecular weight is 326 g/mol. The van der Waals surface area contributed by atoms with E-state index >= 15 is 0 Å². The number of amides is 1. The molecule has 2 heterocycles. The molecule has 1 amide bonds. The lowest BCUT2D eigenvalue weighted by Gasteiger charge is -2.22. The molecule has 2 aromatic rings. The first-order chi connectivity index (χ1) is 11.7. The highest BCUT2D eigenvalue weighted by Crippen LogP contribution is 2.35. The Morgan fingerprint density at radius 1 is 1.33 bits per heavy atom. The molecule has 0 saturated heterocycles. The second-order valence-corrected chi connectivity index (χ2v) is 5.93. The third-order valence-corrected chi connectivity index (χ3v) is 4.13. The molecule has 126 valence electrons. The molecule has 1 N–H and O–H groups in total. The van der Waals surface area contributed by atoms with Crippen LogP contribution in [0.15, 0.2) is 36.7 Å². The van der Waals surface area contributed by atoms with Crippen molar-refractivity contribution in [2.75, 3.05) is 25.2 Å². The Morgan fingerprint density at radius 3 is 2.83 bits per heavy atom. The molecule has 0 radical (unpaired) electrons. The van der Waals surface area contributed by atoms with Crippen molar-refractivity contribution in [1.29, 1.82) is 0 Å². The van der Waals surface area contributed by atoms with Crippen molar-refractivity contribution in [3.05, 3.63) is 47.8 Å². The predicted molar refractivity (Wildman–Crippen MR) is 92.6 cm³/mol. The summed E-state index contributed by atoms with van der Waals surface area (Å²) in [6.45, 7) is 3.35. The van der Waals surface area contributed by atoms with E-state index in [1.807, 2.05) is 12.1 Å². The maximum atomic E-state index is 12.1. The number of fused-ring (bicyclic) bond motifs is 1. The summed E-state index contributed by atoms with van der Waals surface area (Å²) in [4.78, 5) is 23.0. The molecule has 3 rings (SSSR count). The van der Waals surface area contributed by atoms with Crippen molar-refractivity contribution in [2.24, 2.45) is 0 Å². The van der Waals surface area contributed by atoms with Crippen molar-refractivity contribution in [1.82, 2.24) is 15.3 Å². The molecule has 0 bridgehead atoms. The van der Waals surface area contributed by atoms with Crippen LogP contribution < -0.4 is 10.2 Å². The van der Waals surface area contributed by atoms with Crippen LogP contribution in [0.1, 0.15) is 29.3 Å². The van der Waals surface area contributed by atoms with Crippen LogP contribution in [0.4, 0.5) is 11.6 Å². The number of carbonyl (C=O) groups is 1. The van der Waals surface area contributed by atoms with E-state index in [1.54, 1.807) is 19.5 Å². The number of anilines is 2. The molecule has 1 unspecified atom stereocenters. The van der Waals surface area contributed by atoms with E-state index in [1.165, 1.54) is 5.56 Å². The van der Waals surface area contributed by atoms with Crippen LogP contribution in [0.5, 0.6) is 0 Å². The SMILES string of the molecule is COCCCNC(=O)c1cnc(N2c3ccccc3CC2C)nc1. The zero-order valence-corrected chi connectivity index (χ0v) is 14.0. The van der Waals surface area contributed by atoms with E-state index in [4.69, 9.17) is 4.74 Å². The Hall–Kier alpha value is -2.47. The number of hydrogen-bond donors (Lipinski definition) is 1. The fraction of sp³-hybridized carbons (Fsp3) is 0.389. The lowest BCUT2D eigenvalue weighted by atomic mass is 10.1. The lowest BCUT2D eigenvalue weighted by Crippen LogP contribution is -2.27. The Morgan fingerprint density at radius 2 is 2.08 bits per heavy atom. The van der Waals surface area contributed by atoms with Gasteiger partial charge in [0.2, 0.25) is 5.95 Å². The van der Waals surface area contributed by atoms with Gasteiger partial charge in [0.05, 0.1) is 5.56 Å². The Kier molecular flexibility index (Phi) is 5.05. The van der Waals surface area contributed by atoms with Crippen molar-refractivity contribution in [3.63, 3.8) is 0 Å². The van der Waals surface area contributed by atoms with Crippen LogP contribution in [0.25, 0.3) is 0 Å². The van der Waals surface area contributed by atoms with Crippen LogP contribution in [-0.4, -0.2) is 42.2 Å². The second-order valence-electron chi connectivity index (χ2n) is 5.93. The summed E-state index contributed by atoms with van der Waals surface area (Å²) in [5, 5.41) is 2.83. The number of para-hydroxylation sites is 1. The molecule has 1 aromatic heterocycles. The number of carbonyl (C=O) groups excluding carboxylic acids is 1. The van der Waals surface area contributed by atoms with Gasteiger partial charge < -0.3 is 15.0 Å². The van der Waals surface area contributed by atoms with Crippen LogP contribution in [0.2, 0.25) is 0 Å². The number of hydrogen-bond acceptors (Lipinski definition) is 5. The Labute approximate surface area is 141 Å². The summed E-state index contributed by atoms with van der Waals surface area (Å²) in [5.74, 6) is 0.468. The minimum Gasteiger partial charge on any atom is -0.385 e. The van der Waals surface area contributed by atoms with Crippen molar-refractivity contribution in [3.8, 4) is 0 Å². The first-order valence-corrected chi connectivity index (χ1v) is 8.17. The van der Waals surface area contributed by atoms with E-state index in [0.29, 0.717) is 30.7 Å². The van der Waals surface area contributed by atoms with Gasteiger partial charge in [0.1, 0.15) is 0 Å². The van der Waals surface area contributed by atoms with Crippen LogP contribution in [0.3, 0.4) is 0 Å². The van der Waals surface area contributed by atoms with E-state index in [0.717, 1.165) is 18.5 Å². The quantitative estimate of drug-likeness (QED) is 0.825. The van der Waals surface area contributed by atoms with Gasteiger partial charge in [0, 0.05) is 44.4 Å². The van der Waals surface area contributed by atoms with E-state index in [-0.39, 0.29) is 5.91 Å². The number of aromatic nitrogens is 2. The second kappa shape index (κ2) is 7.40. The summed E-state index contributed by atoms with van der Waals surface area (Å²) >= 11 is 0. The number of ether oxygens (including phenoxy) is 1. The number of methoxy groups -OCH3 is 1. The third kappa shape index (κ3) is 3.38. The molecule has 0 fully saturated rings. The van der Waals surface area contributed by atoms with Gasteiger partial charge in [-0.2, -0.15) is 0 Å². The van der Waals surface area contributed by atoms with Gasteiger partial charge in [-0.3, -0.25) is 4.79 Å². The van der Waals surface area contributed by atoms with Crippen molar-refractivity contribution < 1.29 is 9.53 Å². The van der Waals surface area contributed by atoms with E-state index in [9.17, 15) is 4.79 Å². The summed E-state index contributed by atoms with van der Waals surface area (Å²) in [5.41, 5.74) is 2.91. The first-order valence-electron chi connectivity index (χ1n) is 8.17. The topological polar surface area (TPSA) is 67.3 Å². The van der Waals surface area contributed by atoms with Gasteiger partial charge in [0.25, 0.3) is 5.91 Å². The van der Waals surface area contributed by atoms with Gasteiger partial charge in [-0.05, 0) is 31.4 Å². The highest BCUT2D eigenvalue weighted by atomic mass is 16.5. The predicted octanol–water partition coefficient (Wildman–Crippen LogP) is 2.33. The summed E-state index contributed by atoms with van der Waals surface area (Å²) in [7, 11) is 1.64. The van der Waals surface area contributed by atoms with Gasteiger partial charge in [-0.15, -0.1) is 0 Å². The molecule has 0 spiro atoms. The Bertz CT molecular complexity index is 702. The van der Waals surface area contributed by atoms with Gasteiger partial charge in [-0.25, -0.2) is 9.97 Å². The molecule has 0 saturated carbocycles. The number of nitrogens with one attached hydrogen (secondary N) is 1. The number of rotatable bonds is 6. The largest absolute Gasteiger partial charge is 0.385 e. The zero-order valence-electron chi connectivity index (χ0n) is 14.0. The molecule has 0 aliphatic carbocycles. The van der Waals surface area contributed by atoms with Crippen LogP contribution in [0, 0.1) is 0 Å². The fourth-order valence-corrected chi connectivity index (χ4v) is 2.95. The summed E-state index contributed by atoms with van der Waals surface area (Å²) in [6.07, 6.45) is 4.92. The molecule has 1 aromatic carbocycles. The van der Waals surface area contributed by atoms with Gasteiger partial charge in [0.15, 0.2) is 0 Å². The molecule has 1 aliphatic rings. The maximum Gasteiger partial charge on any atom is 0.254 e. The zero-order chi connectivity index (χ0) is 16.9. The Balaban J connectivity index is 1.70. The molecular formula is C18H22N4O2. The van der Waals surface area contributed by atoms with Crippen LogP contribution >= 0.6 is 0 Å². The summed E-state index contributed by atoms with van der Waals surface area (Å²) < 4.78 is 4.96. The van der Waals surface area contributed by atoms with Gasteiger partial charge in [-0.1, -0.05) is 18.2 Å². The number of benzene rings is 1. The van der Waals surface area contributed by atoms with Crippen molar-refractivity contribution in [2.45, 2.75) is 25.8 Å². The van der Waals surface area contributed by atoms with Gasteiger partial charge >= 0.3 is 0 Å². The van der Waals surface area contributed by atoms with E-state index in [2.05, 4.69) is 39.2 Å². The van der Waals surface area contributed by atoms with E-state index < -0.39 is 0 Å². The fourth-order valence-electron chi connectivity index (χ4n) is 2.95. The molecular weight excluding hydrogens is 304 g/mol. The molecule has 6 nitrogen and oxygen atoms in total. The van der Waals surface area contributed by atoms with Crippen LogP contribution in [-0.2, 0) is 11.2 Å². The summed E-state index contributed by atoms with van der Waals surface area (Å²) in [6, 6.07) is 8.58. The number of nitrogens with zero attached hydrogens (tertiary/aromatic N) is 3. The first kappa shape index (κ1) is 16.4. The molecule has 1 aliphatic heterocycles. The normalized spacial score (nSPS) is 16.1. The lowest BCUT2D eigenvalue weighted by molar-refractivity contribution is 0.0948. The monoisotopic (exact) mass is 326 g/mol. The maximum absolute atomic E-state index is 12.1. The minimum atomic E-state index is -0.160. The highest BCUT2D eigenvalue weighted by molar-refractivity contribution is 5.93. The van der Waals surface area contributed by atoms with Crippen molar-refractivity contribution >= 4 is 17.5 Å². The average Bonchev–Trinajstić information content (AvgIpc) is 2.94. The smallest absolute Gasteiger partial charge is 0.254 e. The standard InChI is InChI=1S/C18H22N4O2/c1-13-10-14-6-3-4-7-16(14)22(13)18-20-11-15(12-21-18)17(23)19-8-5-9-24-2/h3-4,6-7,11-13H,5,8-10H2,1-2H3,(H,19,23). The molecule has 1 atom stereocenters. The minimum absolute atomic E-state index is 0.160. The third-order valence-electron chi connectivity index (χ3n) is 4.13.